The molecule has 1 saturated heterocycles. The summed E-state index contributed by atoms with van der Waals surface area (Å²) in [5, 5.41) is 95.9. The molecule has 748 valence electrons. The minimum absolute atomic E-state index is 0.00604. The molecule has 1 aliphatic rings. The molecule has 0 radical (unpaired) electrons. The maximum Gasteiger partial charge on any atom is 0.303 e. The maximum absolute atomic E-state index is 14.3. The number of likely N-dealkylation sites (tertiary alicyclic amines) is 1. The largest absolute Gasteiger partial charge is 0.481 e. The van der Waals surface area contributed by atoms with Crippen LogP contribution in [0.3, 0.4) is 0 Å². The molecule has 0 saturated carbocycles. The van der Waals surface area contributed by atoms with E-state index in [1.807, 2.05) is 5.32 Å². The molecule has 2 rings (SSSR count). The summed E-state index contributed by atoms with van der Waals surface area (Å²) in [4.78, 5) is 280. The van der Waals surface area contributed by atoms with E-state index >= 15 is 0 Å². The van der Waals surface area contributed by atoms with Crippen LogP contribution in [0.2, 0.25) is 0 Å². The van der Waals surface area contributed by atoms with Crippen molar-refractivity contribution in [1.82, 2.24) is 95.5 Å². The Morgan fingerprint density at radius 2 is 0.880 bits per heavy atom. The number of nitrogens with one attached hydrogen (secondary N) is 17. The van der Waals surface area contributed by atoms with Crippen LogP contribution in [0.15, 0.2) is 30.3 Å². The predicted octanol–water partition coefficient (Wildman–Crippen LogP) is -10.5. The summed E-state index contributed by atoms with van der Waals surface area (Å²) in [7, 11) is 1.53. The number of aliphatic hydroxyl groups is 4. The number of likely N-dealkylation sites (N-methyl/N-ethyl adjacent to an activating group) is 1. The van der Waals surface area contributed by atoms with E-state index in [1.54, 1.807) is 58.0 Å². The molecule has 1 aromatic carbocycles. The van der Waals surface area contributed by atoms with E-state index in [2.05, 4.69) is 85.3 Å². The van der Waals surface area contributed by atoms with Gasteiger partial charge in [0, 0.05) is 32.4 Å². The fourth-order valence-electron chi connectivity index (χ4n) is 13.7. The highest BCUT2D eigenvalue weighted by molar-refractivity contribution is 6.01. The molecule has 1 aromatic rings. The average molecular weight is 1890 g/mol. The van der Waals surface area contributed by atoms with Crippen molar-refractivity contribution in [3.05, 3.63) is 35.9 Å². The number of nitrogens with two attached hydrogens (primary N) is 5. The van der Waals surface area contributed by atoms with Gasteiger partial charge in [0.05, 0.1) is 38.4 Å². The summed E-state index contributed by atoms with van der Waals surface area (Å²) in [5.41, 5.74) is 34.1. The molecule has 0 spiro atoms. The van der Waals surface area contributed by atoms with Gasteiger partial charge in [-0.3, -0.25) is 101 Å². The van der Waals surface area contributed by atoms with Gasteiger partial charge in [-0.1, -0.05) is 70.9 Å². The Bertz CT molecular complexity index is 4040. The highest BCUT2D eigenvalue weighted by Crippen LogP contribution is 2.21. The first-order valence-electron chi connectivity index (χ1n) is 44.3. The Labute approximate surface area is 769 Å². The third kappa shape index (κ3) is 43.4. The van der Waals surface area contributed by atoms with Crippen molar-refractivity contribution in [1.29, 1.82) is 0 Å². The van der Waals surface area contributed by atoms with Crippen LogP contribution in [0.25, 0.3) is 0 Å². The van der Waals surface area contributed by atoms with Gasteiger partial charge in [0.2, 0.25) is 106 Å². The molecular weight excluding hydrogens is 1750 g/mol. The van der Waals surface area contributed by atoms with Gasteiger partial charge in [0.15, 0.2) is 0 Å². The Morgan fingerprint density at radius 3 is 1.39 bits per heavy atom. The minimum Gasteiger partial charge on any atom is -0.481 e. The zero-order valence-corrected chi connectivity index (χ0v) is 76.4. The number of hydrazine groups is 1. The van der Waals surface area contributed by atoms with Gasteiger partial charge < -0.3 is 149 Å². The lowest BCUT2D eigenvalue weighted by atomic mass is 9.96. The number of unbranched alkanes of at least 4 members (excludes halogenated alkanes) is 3. The van der Waals surface area contributed by atoms with E-state index in [-0.39, 0.29) is 89.7 Å². The van der Waals surface area contributed by atoms with Crippen LogP contribution in [-0.4, -0.2) is 322 Å². The molecule has 1 fully saturated rings. The van der Waals surface area contributed by atoms with E-state index < -0.39 is 291 Å². The molecule has 0 bridgehead atoms. The molecule has 50 heteroatoms. The second-order valence-corrected chi connectivity index (χ2v) is 32.9. The van der Waals surface area contributed by atoms with Crippen LogP contribution in [0, 0.1) is 11.8 Å². The van der Waals surface area contributed by atoms with Crippen LogP contribution in [0.4, 0.5) is 0 Å². The maximum atomic E-state index is 14.3. The molecule has 8 unspecified atom stereocenters. The number of carboxylic acid groups (broad SMARTS) is 2. The Kier molecular flexibility index (Phi) is 54.9. The number of carboxylic acids is 2. The molecule has 1 heterocycles. The van der Waals surface area contributed by atoms with Crippen molar-refractivity contribution >= 4 is 125 Å². The van der Waals surface area contributed by atoms with Gasteiger partial charge in [0.1, 0.15) is 103 Å². The van der Waals surface area contributed by atoms with E-state index in [4.69, 9.17) is 28.7 Å². The van der Waals surface area contributed by atoms with Gasteiger partial charge in [-0.2, -0.15) is 0 Å². The third-order valence-corrected chi connectivity index (χ3v) is 21.5. The summed E-state index contributed by atoms with van der Waals surface area (Å²) in [6.45, 7) is 8.05. The lowest BCUT2D eigenvalue weighted by Crippen LogP contribution is -2.62. The van der Waals surface area contributed by atoms with E-state index in [1.165, 1.54) is 25.8 Å². The standard InChI is InChI=1S/C83H139N23O27/c1-9-44(4)66(81(131)98-53(24-14-17-33-85)72(122)94-50(68(88)118)27-30-64(114)115)103-74(124)54(26-29-62(86)112)95-69(119)45(5)91-71(121)52(23-13-16-32-84)97-80(130)61-25-19-35-106(61)83(133)46(6)92-75(125)56(36-43(2)3)99-70(120)51(89-8)22-15-18-34-90-105-58(37-48-20-11-10-12-21-48)77(127)102-59(41-109)78(128)96-55(28-31-65(116)117)73(123)101-60(42-110)79(129)104-67(47(7)111)82(132)100-57(38-63(87)113)76(126)93-49(39-107)40-108/h10-12,20-21,39,43-47,49-61,66-67,89-90,105,108-111H,9,13-19,22-38,40-42,84-85H2,1-8H3,(H2,86,112)(H2,87,113)(H2,88,118)(H,91,121)(H,92,125)(H,93,126)(H,94,122)(H,95,119)(H,96,128)(H,97,130)(H,98,131)(H,99,120)(H,100,132)(H,101,123)(H,102,127)(H,103,124)(H,104,129)(H,114,115)(H,116,117)/t44-,45-,46?,47+,49?,50-,51?,52?,53?,54?,55?,56-,57-,58?,59-,60-,61-,66-,67-/m0/s1. The van der Waals surface area contributed by atoms with Crippen LogP contribution >= 0.6 is 0 Å². The topological polar surface area (TPSA) is 818 Å². The first-order chi connectivity index (χ1) is 62.8. The first-order valence-corrected chi connectivity index (χ1v) is 44.3. The molecular formula is C83H139N23O27. The number of aliphatic hydroxyl groups excluding tert-OH is 4. The molecule has 0 aromatic heterocycles. The number of primary amides is 3. The quantitative estimate of drug-likeness (QED) is 0.0164. The number of aliphatic carboxylic acids is 2. The third-order valence-electron chi connectivity index (χ3n) is 21.5. The zero-order chi connectivity index (χ0) is 100. The normalized spacial score (nSPS) is 16.4. The average Bonchev–Trinajstić information content (AvgIpc) is 1.71. The monoisotopic (exact) mass is 1890 g/mol. The van der Waals surface area contributed by atoms with Crippen molar-refractivity contribution in [3.63, 3.8) is 0 Å². The molecule has 133 heavy (non-hydrogen) atoms. The van der Waals surface area contributed by atoms with Gasteiger partial charge >= 0.3 is 11.9 Å². The lowest BCUT2D eigenvalue weighted by Gasteiger charge is -2.30. The number of nitrogens with zero attached hydrogens (tertiary/aromatic N) is 1. The van der Waals surface area contributed by atoms with Gasteiger partial charge in [0.25, 0.3) is 0 Å². The van der Waals surface area contributed by atoms with Crippen molar-refractivity contribution < 1.29 is 131 Å². The Balaban J connectivity index is 2.23. The molecule has 1 aliphatic heterocycles. The number of hydrogen-bond acceptors (Lipinski definition) is 30. The number of carbonyl (C=O) groups excluding carboxylic acids is 19. The Morgan fingerprint density at radius 1 is 0.451 bits per heavy atom. The van der Waals surface area contributed by atoms with E-state index in [9.17, 15) is 131 Å². The lowest BCUT2D eigenvalue weighted by molar-refractivity contribution is -0.142. The molecule has 19 atom stereocenters. The van der Waals surface area contributed by atoms with Crippen LogP contribution in [0.1, 0.15) is 182 Å². The fraction of sp³-hybridized carbons (Fsp3) is 0.675. The van der Waals surface area contributed by atoms with Crippen LogP contribution in [0.5, 0.6) is 0 Å². The van der Waals surface area contributed by atoms with Crippen LogP contribution in [-0.2, 0) is 107 Å². The first kappa shape index (κ1) is 117. The molecule has 50 nitrogen and oxygen atoms in total. The zero-order valence-electron chi connectivity index (χ0n) is 76.4. The second-order valence-electron chi connectivity index (χ2n) is 32.9. The fourth-order valence-corrected chi connectivity index (χ4v) is 13.7. The summed E-state index contributed by atoms with van der Waals surface area (Å²) < 4.78 is 0. The molecule has 0 aliphatic carbocycles. The van der Waals surface area contributed by atoms with Gasteiger partial charge in [-0.15, -0.1) is 0 Å². The Hall–Kier alpha value is -12.1. The van der Waals surface area contributed by atoms with Crippen molar-refractivity contribution in [3.8, 4) is 0 Å². The van der Waals surface area contributed by atoms with Gasteiger partial charge in [-0.25, -0.2) is 5.43 Å². The number of aldehydes is 1. The summed E-state index contributed by atoms with van der Waals surface area (Å²) >= 11 is 0. The van der Waals surface area contributed by atoms with Crippen molar-refractivity contribution in [2.75, 3.05) is 53.0 Å². The SMILES string of the molecule is CC[C@H](C)[C@H](NC(=O)C(CCC(N)=O)NC(=O)[C@H](C)NC(=O)C(CCCCN)NC(=O)[C@@H]1CCCN1C(=O)C(C)NC(=O)[C@H](CC(C)C)NC(=O)C(CCCCNNC(Cc1ccccc1)C(=O)N[C@@H](CO)C(=O)NC(CCC(=O)O)C(=O)N[C@@H](CO)C(=O)N[C@H](C(=O)N[C@@H](CC(N)=O)C(=O)NC(C=O)CO)[C@@H](C)O)NC)C(=O)NC(CCCCN)C(=O)N[C@@H](CCC(=O)O)C(N)=O. The van der Waals surface area contributed by atoms with Crippen LogP contribution < -0.4 is 119 Å². The number of carbonyl (C=O) groups is 21. The smallest absolute Gasteiger partial charge is 0.303 e. The minimum atomic E-state index is -2.01. The van der Waals surface area contributed by atoms with Crippen molar-refractivity contribution in [2.45, 2.75) is 292 Å². The highest BCUT2D eigenvalue weighted by Gasteiger charge is 2.42. The number of amides is 18. The summed E-state index contributed by atoms with van der Waals surface area (Å²) in [5.74, 6) is -21.1. The van der Waals surface area contributed by atoms with Gasteiger partial charge in [-0.05, 0) is 155 Å². The van der Waals surface area contributed by atoms with Crippen molar-refractivity contribution in [2.24, 2.45) is 40.5 Å². The molecule has 18 amide bonds. The summed E-state index contributed by atoms with van der Waals surface area (Å²) in [6, 6.07) is -16.7. The number of benzene rings is 1. The highest BCUT2D eigenvalue weighted by atomic mass is 16.4. The number of rotatable bonds is 68. The van der Waals surface area contributed by atoms with E-state index in [0.29, 0.717) is 50.5 Å². The predicted molar refractivity (Wildman–Crippen MR) is 474 cm³/mol. The number of hydrogen-bond donors (Lipinski definition) is 28. The van der Waals surface area contributed by atoms with E-state index in [0.717, 1.165) is 6.92 Å². The second kappa shape index (κ2) is 62.4. The molecule has 33 N–H and O–H groups in total. The summed E-state index contributed by atoms with van der Waals surface area (Å²) in [6.07, 6.45) is -2.56.